The summed E-state index contributed by atoms with van der Waals surface area (Å²) in [5.74, 6) is -1.90. The first-order valence-corrected chi connectivity index (χ1v) is 11.9. The van der Waals surface area contributed by atoms with E-state index < -0.39 is 47.5 Å². The zero-order chi connectivity index (χ0) is 25.1. The number of ether oxygens (including phenoxy) is 2. The number of phenols is 1. The van der Waals surface area contributed by atoms with Gasteiger partial charge >= 0.3 is 11.9 Å². The van der Waals surface area contributed by atoms with E-state index in [-0.39, 0.29) is 30.4 Å². The molecule has 0 aromatic heterocycles. The van der Waals surface area contributed by atoms with Gasteiger partial charge in [0.2, 0.25) is 5.91 Å². The molecule has 5 N–H and O–H groups in total. The first-order chi connectivity index (χ1) is 16.6. The zero-order valence-electron chi connectivity index (χ0n) is 19.3. The number of phenolic OH excluding ortho intramolecular Hbond substituents is 1. The summed E-state index contributed by atoms with van der Waals surface area (Å²) in [7, 11) is 0. The molecule has 4 aliphatic rings. The lowest BCUT2D eigenvalue weighted by molar-refractivity contribution is -0.170. The average molecular weight is 488 g/mol. The fourth-order valence-electron chi connectivity index (χ4n) is 6.64. The maximum Gasteiger partial charge on any atom is 0.333 e. The molecule has 1 fully saturated rings. The number of aliphatic hydroxyl groups excluding tert-OH is 1. The van der Waals surface area contributed by atoms with Crippen LogP contribution in [0.4, 0.5) is 0 Å². The summed E-state index contributed by atoms with van der Waals surface area (Å²) in [5, 5.41) is 42.9. The van der Waals surface area contributed by atoms with E-state index in [1.807, 2.05) is 6.07 Å². The van der Waals surface area contributed by atoms with Gasteiger partial charge < -0.3 is 35.2 Å². The van der Waals surface area contributed by atoms with E-state index in [1.165, 1.54) is 0 Å². The van der Waals surface area contributed by atoms with Crippen LogP contribution in [0.15, 0.2) is 24.0 Å². The summed E-state index contributed by atoms with van der Waals surface area (Å²) in [6, 6.07) is 3.49. The highest BCUT2D eigenvalue weighted by Crippen LogP contribution is 2.68. The first kappa shape index (κ1) is 23.6. The van der Waals surface area contributed by atoms with Gasteiger partial charge in [-0.2, -0.15) is 0 Å². The topological polar surface area (TPSA) is 163 Å². The Hall–Kier alpha value is -3.11. The van der Waals surface area contributed by atoms with Crippen LogP contribution in [0.2, 0.25) is 0 Å². The molecule has 3 aliphatic carbocycles. The number of carbonyl (C=O) groups is 3. The van der Waals surface area contributed by atoms with Gasteiger partial charge in [0, 0.05) is 12.1 Å². The number of aromatic hydroxyl groups is 1. The minimum absolute atomic E-state index is 0.00945. The largest absolute Gasteiger partial charge is 0.504 e. The second-order valence-electron chi connectivity index (χ2n) is 10.1. The van der Waals surface area contributed by atoms with Crippen LogP contribution in [-0.4, -0.2) is 62.6 Å². The lowest BCUT2D eigenvalue weighted by Gasteiger charge is -2.61. The molecule has 1 amide bonds. The molecule has 0 saturated heterocycles. The van der Waals surface area contributed by atoms with Gasteiger partial charge in [-0.3, -0.25) is 9.59 Å². The van der Waals surface area contributed by atoms with E-state index in [0.29, 0.717) is 30.9 Å². The molecular weight excluding hydrogens is 458 g/mol. The SMILES string of the molecule is CC1CC[C@]23c4c5ccc(O)c4O[C@H]2C(OC(=O)CCNC(=O)C[C@H](O)C(=O)O)=CC[C@@]3(O)[C@H]1C5. The van der Waals surface area contributed by atoms with Gasteiger partial charge in [-0.05, 0) is 55.2 Å². The second-order valence-corrected chi connectivity index (χ2v) is 10.1. The smallest absolute Gasteiger partial charge is 0.333 e. The number of carboxylic acid groups (broad SMARTS) is 1. The molecule has 1 unspecified atom stereocenters. The Kier molecular flexibility index (Phi) is 5.56. The van der Waals surface area contributed by atoms with Crippen molar-refractivity contribution in [1.82, 2.24) is 5.32 Å². The molecule has 188 valence electrons. The van der Waals surface area contributed by atoms with Crippen LogP contribution >= 0.6 is 0 Å². The van der Waals surface area contributed by atoms with Crippen molar-refractivity contribution in [1.29, 1.82) is 0 Å². The van der Waals surface area contributed by atoms with E-state index in [0.717, 1.165) is 17.5 Å². The molecule has 1 aliphatic heterocycles. The van der Waals surface area contributed by atoms with Gasteiger partial charge in [-0.1, -0.05) is 13.0 Å². The Balaban J connectivity index is 1.34. The van der Waals surface area contributed by atoms with E-state index in [2.05, 4.69) is 12.2 Å². The molecule has 35 heavy (non-hydrogen) atoms. The fraction of sp³-hybridized carbons (Fsp3) is 0.560. The van der Waals surface area contributed by atoms with E-state index in [9.17, 15) is 29.7 Å². The van der Waals surface area contributed by atoms with Crippen LogP contribution < -0.4 is 10.1 Å². The van der Waals surface area contributed by atoms with Crippen molar-refractivity contribution >= 4 is 17.8 Å². The van der Waals surface area contributed by atoms with Gasteiger partial charge in [0.1, 0.15) is 5.76 Å². The molecule has 0 radical (unpaired) electrons. The molecule has 2 bridgehead atoms. The van der Waals surface area contributed by atoms with Crippen molar-refractivity contribution < 1.29 is 44.3 Å². The normalized spacial score (nSPS) is 32.5. The molecule has 1 aromatic carbocycles. The maximum absolute atomic E-state index is 12.6. The van der Waals surface area contributed by atoms with Crippen molar-refractivity contribution in [3.8, 4) is 11.5 Å². The Morgan fingerprint density at radius 1 is 1.31 bits per heavy atom. The second kappa shape index (κ2) is 8.23. The van der Waals surface area contributed by atoms with Crippen molar-refractivity contribution in [3.05, 3.63) is 35.1 Å². The summed E-state index contributed by atoms with van der Waals surface area (Å²) in [6.07, 6.45) is 0.815. The lowest BCUT2D eigenvalue weighted by atomic mass is 9.45. The number of hydrogen-bond acceptors (Lipinski definition) is 8. The lowest BCUT2D eigenvalue weighted by Crippen LogP contribution is -2.69. The minimum Gasteiger partial charge on any atom is -0.504 e. The van der Waals surface area contributed by atoms with E-state index >= 15 is 0 Å². The molecule has 1 saturated carbocycles. The molecule has 6 atom stereocenters. The van der Waals surface area contributed by atoms with Crippen LogP contribution in [0.1, 0.15) is 50.2 Å². The van der Waals surface area contributed by atoms with Crippen molar-refractivity contribution in [3.63, 3.8) is 0 Å². The third-order valence-corrected chi connectivity index (χ3v) is 8.28. The number of hydrogen-bond donors (Lipinski definition) is 5. The summed E-state index contributed by atoms with van der Waals surface area (Å²) >= 11 is 0. The van der Waals surface area contributed by atoms with Gasteiger partial charge in [-0.15, -0.1) is 0 Å². The fourth-order valence-corrected chi connectivity index (χ4v) is 6.64. The molecule has 1 spiro atoms. The number of rotatable bonds is 7. The highest BCUT2D eigenvalue weighted by atomic mass is 16.6. The number of amides is 1. The molecule has 1 aromatic rings. The predicted octanol–water partition coefficient (Wildman–Crippen LogP) is 0.897. The number of carbonyl (C=O) groups excluding carboxylic acids is 2. The third kappa shape index (κ3) is 3.41. The monoisotopic (exact) mass is 487 g/mol. The Bertz CT molecular complexity index is 1130. The van der Waals surface area contributed by atoms with E-state index in [1.54, 1.807) is 12.1 Å². The highest BCUT2D eigenvalue weighted by molar-refractivity contribution is 5.83. The Morgan fingerprint density at radius 3 is 2.83 bits per heavy atom. The van der Waals surface area contributed by atoms with Gasteiger partial charge in [0.05, 0.1) is 23.9 Å². The van der Waals surface area contributed by atoms with Crippen molar-refractivity contribution in [2.45, 2.75) is 68.7 Å². The van der Waals surface area contributed by atoms with Crippen LogP contribution in [-0.2, 0) is 31.0 Å². The molecule has 10 heteroatoms. The van der Waals surface area contributed by atoms with E-state index in [4.69, 9.17) is 14.6 Å². The standard InChI is InChI=1S/C25H29NO9/c1-12-4-7-24-20-13-2-3-15(27)21(20)35-22(24)17(5-8-25(24,33)14(12)10-13)34-19(30)6-9-26-18(29)11-16(28)23(31)32/h2-3,5,12,14,16,22,27-28,33H,4,6-11H2,1H3,(H,26,29)(H,31,32)/t12?,14-,16-,22-,24-,25+/m0/s1. The van der Waals surface area contributed by atoms with Crippen molar-refractivity contribution in [2.75, 3.05) is 6.54 Å². The van der Waals surface area contributed by atoms with Crippen LogP contribution in [0.3, 0.4) is 0 Å². The van der Waals surface area contributed by atoms with Gasteiger partial charge in [-0.25, -0.2) is 4.79 Å². The van der Waals surface area contributed by atoms with Gasteiger partial charge in [0.15, 0.2) is 23.7 Å². The number of carboxylic acids is 1. The summed E-state index contributed by atoms with van der Waals surface area (Å²) in [6.45, 7) is 2.05. The first-order valence-electron chi connectivity index (χ1n) is 11.9. The maximum atomic E-state index is 12.6. The Labute approximate surface area is 201 Å². The molecular formula is C25H29NO9. The zero-order valence-corrected chi connectivity index (χ0v) is 19.3. The van der Waals surface area contributed by atoms with Crippen LogP contribution in [0.5, 0.6) is 11.5 Å². The van der Waals surface area contributed by atoms with Crippen molar-refractivity contribution in [2.24, 2.45) is 11.8 Å². The quantitative estimate of drug-likeness (QED) is 0.352. The number of esters is 1. The summed E-state index contributed by atoms with van der Waals surface area (Å²) in [5.41, 5.74) is -0.0485. The minimum atomic E-state index is -1.81. The Morgan fingerprint density at radius 2 is 2.09 bits per heavy atom. The molecule has 5 rings (SSSR count). The number of aliphatic carboxylic acids is 1. The van der Waals surface area contributed by atoms with Crippen LogP contribution in [0.25, 0.3) is 0 Å². The number of nitrogens with one attached hydrogen (secondary N) is 1. The van der Waals surface area contributed by atoms with Crippen LogP contribution in [0, 0.1) is 11.8 Å². The number of aliphatic hydroxyl groups is 2. The molecule has 10 nitrogen and oxygen atoms in total. The predicted molar refractivity (Wildman–Crippen MR) is 119 cm³/mol. The third-order valence-electron chi connectivity index (χ3n) is 8.28. The highest BCUT2D eigenvalue weighted by Gasteiger charge is 2.71. The number of benzene rings is 1. The van der Waals surface area contributed by atoms with Gasteiger partial charge in [0.25, 0.3) is 0 Å². The summed E-state index contributed by atoms with van der Waals surface area (Å²) in [4.78, 5) is 35.0. The summed E-state index contributed by atoms with van der Waals surface area (Å²) < 4.78 is 11.9. The average Bonchev–Trinajstić information content (AvgIpc) is 3.15. The molecule has 1 heterocycles.